The molecule has 4 aromatic rings. The van der Waals surface area contributed by atoms with Gasteiger partial charge in [-0.25, -0.2) is 9.59 Å². The van der Waals surface area contributed by atoms with Gasteiger partial charge in [0, 0.05) is 35.7 Å². The number of aliphatic carboxylic acids is 1. The number of non-ortho nitro benzene ring substituents is 2. The molecule has 0 fully saturated rings. The van der Waals surface area contributed by atoms with Crippen LogP contribution >= 0.6 is 0 Å². The average Bonchev–Trinajstić information content (AvgIpc) is 3.33. The fourth-order valence-electron chi connectivity index (χ4n) is 4.67. The maximum absolute atomic E-state index is 12.6. The van der Waals surface area contributed by atoms with Crippen LogP contribution < -0.4 is 29.6 Å². The zero-order valence-electron chi connectivity index (χ0n) is 37.3. The van der Waals surface area contributed by atoms with E-state index in [1.165, 1.54) is 58.4 Å². The van der Waals surface area contributed by atoms with Crippen LogP contribution in [0.3, 0.4) is 0 Å². The summed E-state index contributed by atoms with van der Waals surface area (Å²) in [6.45, 7) is 9.00. The molecule has 4 aromatic carbocycles. The van der Waals surface area contributed by atoms with Crippen molar-refractivity contribution in [2.75, 3.05) is 51.3 Å². The highest BCUT2D eigenvalue weighted by molar-refractivity contribution is 6.04. The van der Waals surface area contributed by atoms with Crippen LogP contribution in [0.15, 0.2) is 154 Å². The van der Waals surface area contributed by atoms with Gasteiger partial charge in [0.25, 0.3) is 23.2 Å². The van der Waals surface area contributed by atoms with Crippen LogP contribution in [-0.2, 0) is 23.9 Å². The van der Waals surface area contributed by atoms with Crippen molar-refractivity contribution < 1.29 is 73.1 Å². The molecule has 70 heavy (non-hydrogen) atoms. The molecule has 0 aliphatic rings. The van der Waals surface area contributed by atoms with Crippen molar-refractivity contribution in [3.8, 4) is 23.0 Å². The molecular weight excluding hydrogens is 925 g/mol. The van der Waals surface area contributed by atoms with Gasteiger partial charge < -0.3 is 54.7 Å². The Morgan fingerprint density at radius 2 is 1.03 bits per heavy atom. The number of ether oxygens (including phenoxy) is 5. The van der Waals surface area contributed by atoms with Crippen LogP contribution in [0.5, 0.6) is 23.0 Å². The van der Waals surface area contributed by atoms with Gasteiger partial charge in [-0.1, -0.05) is 20.6 Å². The second kappa shape index (κ2) is 30.6. The van der Waals surface area contributed by atoms with E-state index in [0.29, 0.717) is 22.9 Å². The van der Waals surface area contributed by atoms with Crippen LogP contribution in [0.1, 0.15) is 21.3 Å². The molecule has 0 bridgehead atoms. The largest absolute Gasteiger partial charge is 0.510 e. The van der Waals surface area contributed by atoms with Crippen LogP contribution in [0.2, 0.25) is 0 Å². The number of nitro groups is 2. The lowest BCUT2D eigenvalue weighted by Gasteiger charge is -2.09. The Hall–Kier alpha value is -9.52. The molecule has 0 spiro atoms. The van der Waals surface area contributed by atoms with Gasteiger partial charge in [-0.15, -0.1) is 20.5 Å². The number of nitrogens with zero attached hydrogens (tertiary/aromatic N) is 6. The number of allylic oxidation sites excluding steroid dienone is 2. The Morgan fingerprint density at radius 1 is 0.643 bits per heavy atom. The SMILES string of the molecule is C.C=CC(=O)O.C=CC(=O)OCCOc1ccc(NC(=O)C(N=Nc2ccc([N+](=O)[O-])cc2OC)=C(C)O)cc1.COc1cc([N+](=O)[O-])ccc1N=NC(C(=O)Nc1ccc(OCCO)cc1)=C(C)O. The predicted molar refractivity (Wildman–Crippen MR) is 253 cm³/mol. The number of aliphatic hydroxyl groups excluding tert-OH is 3. The lowest BCUT2D eigenvalue weighted by molar-refractivity contribution is -0.385. The molecule has 25 heteroatoms. The topological polar surface area (TPSA) is 355 Å². The minimum atomic E-state index is -0.981. The Bertz CT molecular complexity index is 2590. The number of carbonyl (C=O) groups is 4. The molecule has 372 valence electrons. The number of carboxylic acid groups (broad SMARTS) is 1. The maximum atomic E-state index is 12.6. The molecule has 6 N–H and O–H groups in total. The smallest absolute Gasteiger partial charge is 0.330 e. The number of anilines is 2. The third kappa shape index (κ3) is 20.3. The van der Waals surface area contributed by atoms with Crippen molar-refractivity contribution in [2.24, 2.45) is 20.5 Å². The standard InChI is InChI=1S/C22H22N4O8.C19H20N4O7.C3H4O2.CH4/c1-4-20(28)34-12-11-33-17-8-5-15(6-9-17)23-22(29)21(14(2)27)25-24-18-10-7-16(26(30)31)13-19(18)32-3;1-12(25)18(19(26)20-13-3-6-15(7-4-13)30-10-9-24)22-21-16-8-5-14(23(27)28)11-17(16)29-2;1-2-3(4)5;/h4-10,13,27H,1,11-12H2,2-3H3,(H,23,29);3-8,11,24-25H,9-10H2,1-2H3,(H,20,26);2H,1H2,(H,4,5);1H4. The van der Waals surface area contributed by atoms with E-state index < -0.39 is 39.4 Å². The number of benzene rings is 4. The first-order valence-corrected chi connectivity index (χ1v) is 19.5. The van der Waals surface area contributed by atoms with Crippen LogP contribution in [0.25, 0.3) is 0 Å². The third-order valence-corrected chi connectivity index (χ3v) is 7.90. The van der Waals surface area contributed by atoms with E-state index in [-0.39, 0.29) is 85.3 Å². The molecule has 2 amide bonds. The highest BCUT2D eigenvalue weighted by Crippen LogP contribution is 2.33. The van der Waals surface area contributed by atoms with Crippen LogP contribution in [0.4, 0.5) is 34.1 Å². The fourth-order valence-corrected chi connectivity index (χ4v) is 4.67. The summed E-state index contributed by atoms with van der Waals surface area (Å²) >= 11 is 0. The summed E-state index contributed by atoms with van der Waals surface area (Å²) in [5, 5.41) is 78.2. The van der Waals surface area contributed by atoms with E-state index in [1.54, 1.807) is 48.5 Å². The van der Waals surface area contributed by atoms with Gasteiger partial charge in [0.1, 0.15) is 54.2 Å². The summed E-state index contributed by atoms with van der Waals surface area (Å²) in [7, 11) is 2.62. The van der Waals surface area contributed by atoms with E-state index >= 15 is 0 Å². The average molecular weight is 975 g/mol. The third-order valence-electron chi connectivity index (χ3n) is 7.90. The Morgan fingerprint density at radius 3 is 1.34 bits per heavy atom. The van der Waals surface area contributed by atoms with Crippen LogP contribution in [0, 0.1) is 20.2 Å². The van der Waals surface area contributed by atoms with Crippen molar-refractivity contribution in [1.29, 1.82) is 0 Å². The molecule has 25 nitrogen and oxygen atoms in total. The van der Waals surface area contributed by atoms with Crippen molar-refractivity contribution in [3.63, 3.8) is 0 Å². The molecule has 0 saturated carbocycles. The number of hydrogen-bond acceptors (Lipinski definition) is 20. The number of carbonyl (C=O) groups excluding carboxylic acids is 3. The second-order valence-corrected chi connectivity index (χ2v) is 12.8. The number of methoxy groups -OCH3 is 2. The van der Waals surface area contributed by atoms with E-state index in [9.17, 15) is 49.6 Å². The highest BCUT2D eigenvalue weighted by atomic mass is 16.6. The first-order chi connectivity index (χ1) is 32.9. The number of amides is 2. The number of hydrogen-bond donors (Lipinski definition) is 6. The van der Waals surface area contributed by atoms with E-state index in [1.807, 2.05) is 0 Å². The lowest BCUT2D eigenvalue weighted by Crippen LogP contribution is -2.14. The number of esters is 1. The van der Waals surface area contributed by atoms with Gasteiger partial charge in [0.15, 0.2) is 22.9 Å². The van der Waals surface area contributed by atoms with Gasteiger partial charge in [0.2, 0.25) is 0 Å². The van der Waals surface area contributed by atoms with Gasteiger partial charge in [0.05, 0.1) is 42.8 Å². The number of nitrogens with one attached hydrogen (secondary N) is 2. The monoisotopic (exact) mass is 974 g/mol. The number of azo groups is 2. The summed E-state index contributed by atoms with van der Waals surface area (Å²) in [6.07, 6.45) is 1.89. The molecule has 0 aliphatic heterocycles. The van der Waals surface area contributed by atoms with Crippen molar-refractivity contribution in [3.05, 3.63) is 153 Å². The Balaban J connectivity index is 0.000000633. The quantitative estimate of drug-likeness (QED) is 0.00865. The van der Waals surface area contributed by atoms with Crippen molar-refractivity contribution >= 4 is 57.9 Å². The van der Waals surface area contributed by atoms with Crippen molar-refractivity contribution in [2.45, 2.75) is 21.3 Å². The minimum absolute atomic E-state index is 0. The molecule has 4 rings (SSSR count). The first-order valence-electron chi connectivity index (χ1n) is 19.5. The van der Waals surface area contributed by atoms with Gasteiger partial charge in [-0.3, -0.25) is 29.8 Å². The molecule has 0 heterocycles. The number of carboxylic acids is 1. The lowest BCUT2D eigenvalue weighted by atomic mass is 10.2. The Labute approximate surface area is 399 Å². The minimum Gasteiger partial charge on any atom is -0.510 e. The number of aliphatic hydroxyl groups is 3. The first kappa shape index (κ1) is 58.5. The van der Waals surface area contributed by atoms with Gasteiger partial charge >= 0.3 is 11.9 Å². The molecule has 0 atom stereocenters. The summed E-state index contributed by atoms with van der Waals surface area (Å²) in [5.74, 6) is -2.61. The zero-order valence-corrected chi connectivity index (χ0v) is 37.3. The van der Waals surface area contributed by atoms with Crippen LogP contribution in [-0.4, -0.2) is 94.7 Å². The molecule has 0 unspecified atom stereocenters. The number of nitro benzene ring substituents is 2. The molecule has 0 radical (unpaired) electrons. The summed E-state index contributed by atoms with van der Waals surface area (Å²) < 4.78 is 25.6. The normalized spacial score (nSPS) is 11.0. The summed E-state index contributed by atoms with van der Waals surface area (Å²) in [5.41, 5.74) is -0.0480. The van der Waals surface area contributed by atoms with E-state index in [4.69, 9.17) is 33.9 Å². The van der Waals surface area contributed by atoms with Gasteiger partial charge in [-0.2, -0.15) is 0 Å². The highest BCUT2D eigenvalue weighted by Gasteiger charge is 2.17. The molecule has 0 aliphatic carbocycles. The molecule has 0 aromatic heterocycles. The summed E-state index contributed by atoms with van der Waals surface area (Å²) in [6, 6.07) is 20.0. The van der Waals surface area contributed by atoms with Crippen molar-refractivity contribution in [1.82, 2.24) is 0 Å². The summed E-state index contributed by atoms with van der Waals surface area (Å²) in [4.78, 5) is 65.8. The second-order valence-electron chi connectivity index (χ2n) is 12.8. The maximum Gasteiger partial charge on any atom is 0.330 e. The predicted octanol–water partition coefficient (Wildman–Crippen LogP) is 8.60. The molecular formula is C45H50N8O17. The molecule has 0 saturated heterocycles. The number of rotatable bonds is 21. The van der Waals surface area contributed by atoms with E-state index in [0.717, 1.165) is 18.2 Å². The van der Waals surface area contributed by atoms with Gasteiger partial charge in [-0.05, 0) is 74.5 Å². The fraction of sp³-hybridized carbons (Fsp3) is 0.200. The zero-order chi connectivity index (χ0) is 51.5. The Kier molecular flexibility index (Phi) is 25.6. The van der Waals surface area contributed by atoms with E-state index in [2.05, 4.69) is 44.2 Å².